The number of aromatic amines is 1. The fraction of sp³-hybridized carbons (Fsp3) is 0.727. The molecular weight excluding hydrogens is 190 g/mol. The van der Waals surface area contributed by atoms with Crippen LogP contribution >= 0.6 is 0 Å². The third-order valence-corrected chi connectivity index (χ3v) is 2.66. The molecule has 1 atom stereocenters. The summed E-state index contributed by atoms with van der Waals surface area (Å²) < 4.78 is 5.35. The second-order valence-corrected chi connectivity index (χ2v) is 4.54. The van der Waals surface area contributed by atoms with E-state index in [1.54, 1.807) is 0 Å². The number of nitrogens with one attached hydrogen (secondary N) is 2. The molecule has 0 radical (unpaired) electrons. The van der Waals surface area contributed by atoms with Gasteiger partial charge in [0, 0.05) is 30.8 Å². The van der Waals surface area contributed by atoms with E-state index in [1.807, 2.05) is 0 Å². The average Bonchev–Trinajstić information content (AvgIpc) is 2.85. The van der Waals surface area contributed by atoms with E-state index in [-0.39, 0.29) is 0 Å². The van der Waals surface area contributed by atoms with E-state index in [2.05, 4.69) is 35.4 Å². The average molecular weight is 209 g/mol. The Balaban J connectivity index is 1.91. The quantitative estimate of drug-likeness (QED) is 0.797. The van der Waals surface area contributed by atoms with Crippen molar-refractivity contribution in [2.75, 3.05) is 25.1 Å². The first-order valence-electron chi connectivity index (χ1n) is 5.62. The highest BCUT2D eigenvalue weighted by atomic mass is 16.5. The minimum Gasteiger partial charge on any atom is -0.381 e. The highest BCUT2D eigenvalue weighted by Gasteiger charge is 2.19. The first kappa shape index (κ1) is 10.5. The molecule has 0 bridgehead atoms. The van der Waals surface area contributed by atoms with Gasteiger partial charge in [0.25, 0.3) is 0 Å². The number of anilines is 1. The number of rotatable bonds is 4. The molecule has 1 saturated heterocycles. The maximum atomic E-state index is 5.35. The van der Waals surface area contributed by atoms with Crippen LogP contribution in [-0.4, -0.2) is 30.0 Å². The fourth-order valence-electron chi connectivity index (χ4n) is 1.72. The number of ether oxygens (including phenoxy) is 1. The van der Waals surface area contributed by atoms with Gasteiger partial charge in [0.05, 0.1) is 6.61 Å². The van der Waals surface area contributed by atoms with Crippen LogP contribution in [0.25, 0.3) is 0 Å². The number of hydrogen-bond donors (Lipinski definition) is 2. The summed E-state index contributed by atoms with van der Waals surface area (Å²) in [5.41, 5.74) is 1.19. The monoisotopic (exact) mass is 209 g/mol. The van der Waals surface area contributed by atoms with Gasteiger partial charge in [-0.05, 0) is 12.3 Å². The van der Waals surface area contributed by atoms with Crippen molar-refractivity contribution in [2.24, 2.45) is 5.92 Å². The number of hydrogen-bond acceptors (Lipinski definition) is 3. The zero-order chi connectivity index (χ0) is 10.7. The molecule has 1 aliphatic rings. The van der Waals surface area contributed by atoms with Crippen LogP contribution in [0.3, 0.4) is 0 Å². The lowest BCUT2D eigenvalue weighted by Gasteiger charge is -2.04. The van der Waals surface area contributed by atoms with E-state index < -0.39 is 0 Å². The summed E-state index contributed by atoms with van der Waals surface area (Å²) in [5, 5.41) is 10.6. The Kier molecular flexibility index (Phi) is 3.26. The Morgan fingerprint density at radius 3 is 3.20 bits per heavy atom. The first-order chi connectivity index (χ1) is 7.25. The molecule has 1 aromatic rings. The maximum absolute atomic E-state index is 5.35. The smallest absolute Gasteiger partial charge is 0.148 e. The largest absolute Gasteiger partial charge is 0.381 e. The fourth-order valence-corrected chi connectivity index (χ4v) is 1.72. The van der Waals surface area contributed by atoms with E-state index in [0.717, 1.165) is 32.0 Å². The van der Waals surface area contributed by atoms with Crippen LogP contribution in [0.4, 0.5) is 5.82 Å². The van der Waals surface area contributed by atoms with E-state index in [1.165, 1.54) is 5.69 Å². The lowest BCUT2D eigenvalue weighted by Crippen LogP contribution is -2.07. The molecule has 1 fully saturated rings. The summed E-state index contributed by atoms with van der Waals surface area (Å²) in [6.45, 7) is 7.03. The Labute approximate surface area is 90.4 Å². The highest BCUT2D eigenvalue weighted by molar-refractivity contribution is 5.36. The second kappa shape index (κ2) is 4.66. The van der Waals surface area contributed by atoms with Gasteiger partial charge in [-0.1, -0.05) is 13.8 Å². The van der Waals surface area contributed by atoms with E-state index in [9.17, 15) is 0 Å². The van der Waals surface area contributed by atoms with Crippen LogP contribution in [0.15, 0.2) is 6.07 Å². The molecule has 0 aliphatic carbocycles. The van der Waals surface area contributed by atoms with Gasteiger partial charge in [0.2, 0.25) is 0 Å². The zero-order valence-electron chi connectivity index (χ0n) is 9.42. The minimum absolute atomic E-state index is 0.507. The Hall–Kier alpha value is -1.03. The van der Waals surface area contributed by atoms with Gasteiger partial charge in [-0.15, -0.1) is 0 Å². The standard InChI is InChI=1S/C11H19N3O/c1-8(2)6-12-11-5-10(13-14-11)9-3-4-15-7-9/h5,8-9H,3-4,6-7H2,1-2H3,(H2,12,13,14). The maximum Gasteiger partial charge on any atom is 0.148 e. The lowest BCUT2D eigenvalue weighted by molar-refractivity contribution is 0.193. The highest BCUT2D eigenvalue weighted by Crippen LogP contribution is 2.24. The predicted molar refractivity (Wildman–Crippen MR) is 60.1 cm³/mol. The molecule has 15 heavy (non-hydrogen) atoms. The molecule has 2 N–H and O–H groups in total. The van der Waals surface area contributed by atoms with Gasteiger partial charge < -0.3 is 10.1 Å². The van der Waals surface area contributed by atoms with Crippen LogP contribution in [0.2, 0.25) is 0 Å². The van der Waals surface area contributed by atoms with Crippen molar-refractivity contribution >= 4 is 5.82 Å². The van der Waals surface area contributed by atoms with Crippen LogP contribution in [-0.2, 0) is 4.74 Å². The molecule has 84 valence electrons. The van der Waals surface area contributed by atoms with Crippen molar-refractivity contribution in [1.82, 2.24) is 10.2 Å². The molecule has 0 aromatic carbocycles. The van der Waals surface area contributed by atoms with Crippen molar-refractivity contribution in [1.29, 1.82) is 0 Å². The first-order valence-corrected chi connectivity index (χ1v) is 5.62. The van der Waals surface area contributed by atoms with Gasteiger partial charge in [-0.25, -0.2) is 0 Å². The molecule has 0 amide bonds. The van der Waals surface area contributed by atoms with Crippen LogP contribution in [0.5, 0.6) is 0 Å². The van der Waals surface area contributed by atoms with Crippen molar-refractivity contribution in [3.05, 3.63) is 11.8 Å². The molecule has 0 spiro atoms. The van der Waals surface area contributed by atoms with Crippen LogP contribution in [0, 0.1) is 5.92 Å². The van der Waals surface area contributed by atoms with Crippen molar-refractivity contribution in [3.63, 3.8) is 0 Å². The summed E-state index contributed by atoms with van der Waals surface area (Å²) in [7, 11) is 0. The second-order valence-electron chi connectivity index (χ2n) is 4.54. The van der Waals surface area contributed by atoms with Gasteiger partial charge in [-0.2, -0.15) is 5.10 Å². The third kappa shape index (κ3) is 2.72. The number of nitrogens with zero attached hydrogens (tertiary/aromatic N) is 1. The van der Waals surface area contributed by atoms with Crippen molar-refractivity contribution in [3.8, 4) is 0 Å². The molecule has 2 heterocycles. The summed E-state index contributed by atoms with van der Waals surface area (Å²) in [5.74, 6) is 2.10. The Morgan fingerprint density at radius 1 is 1.67 bits per heavy atom. The van der Waals surface area contributed by atoms with E-state index in [4.69, 9.17) is 4.74 Å². The normalized spacial score (nSPS) is 21.1. The zero-order valence-corrected chi connectivity index (χ0v) is 9.42. The molecule has 2 rings (SSSR count). The van der Waals surface area contributed by atoms with Crippen molar-refractivity contribution in [2.45, 2.75) is 26.2 Å². The minimum atomic E-state index is 0.507. The van der Waals surface area contributed by atoms with Crippen molar-refractivity contribution < 1.29 is 4.74 Å². The summed E-state index contributed by atoms with van der Waals surface area (Å²) in [4.78, 5) is 0. The number of aromatic nitrogens is 2. The molecule has 1 unspecified atom stereocenters. The van der Waals surface area contributed by atoms with Gasteiger partial charge >= 0.3 is 0 Å². The summed E-state index contributed by atoms with van der Waals surface area (Å²) in [6.07, 6.45) is 1.10. The molecule has 1 aromatic heterocycles. The van der Waals surface area contributed by atoms with Crippen LogP contribution < -0.4 is 5.32 Å². The topological polar surface area (TPSA) is 49.9 Å². The Morgan fingerprint density at radius 2 is 2.53 bits per heavy atom. The molecule has 1 aliphatic heterocycles. The Bertz CT molecular complexity index is 303. The van der Waals surface area contributed by atoms with Gasteiger partial charge in [0.1, 0.15) is 5.82 Å². The molecule has 0 saturated carbocycles. The predicted octanol–water partition coefficient (Wildman–Crippen LogP) is 1.98. The third-order valence-electron chi connectivity index (χ3n) is 2.66. The SMILES string of the molecule is CC(C)CNc1cc(C2CCOC2)[nH]n1. The lowest BCUT2D eigenvalue weighted by atomic mass is 10.1. The number of H-pyrrole nitrogens is 1. The molecule has 4 nitrogen and oxygen atoms in total. The summed E-state index contributed by atoms with van der Waals surface area (Å²) in [6, 6.07) is 2.10. The summed E-state index contributed by atoms with van der Waals surface area (Å²) >= 11 is 0. The van der Waals surface area contributed by atoms with Gasteiger partial charge in [0.15, 0.2) is 0 Å². The van der Waals surface area contributed by atoms with E-state index in [0.29, 0.717) is 11.8 Å². The van der Waals surface area contributed by atoms with Crippen LogP contribution in [0.1, 0.15) is 31.9 Å². The molecule has 4 heteroatoms. The van der Waals surface area contributed by atoms with Gasteiger partial charge in [-0.3, -0.25) is 5.10 Å². The molecular formula is C11H19N3O. The van der Waals surface area contributed by atoms with E-state index >= 15 is 0 Å².